The molecule has 1 saturated heterocycles. The van der Waals surface area contributed by atoms with E-state index in [1.54, 1.807) is 0 Å². The molecule has 4 unspecified atom stereocenters. The van der Waals surface area contributed by atoms with Crippen LogP contribution in [0.2, 0.25) is 0 Å². The quantitative estimate of drug-likeness (QED) is 0.789. The van der Waals surface area contributed by atoms with Crippen molar-refractivity contribution in [3.05, 3.63) is 0 Å². The van der Waals surface area contributed by atoms with E-state index in [1.165, 1.54) is 19.3 Å². The number of alkyl halides is 3. The summed E-state index contributed by atoms with van der Waals surface area (Å²) in [4.78, 5) is 0. The fraction of sp³-hybridized carbons (Fsp3) is 1.00. The van der Waals surface area contributed by atoms with Crippen LogP contribution in [-0.2, 0) is 0 Å². The highest BCUT2D eigenvalue weighted by Crippen LogP contribution is 2.40. The first-order valence-electron chi connectivity index (χ1n) is 7.30. The van der Waals surface area contributed by atoms with E-state index in [1.807, 2.05) is 0 Å². The molecule has 1 aliphatic heterocycles. The van der Waals surface area contributed by atoms with Gasteiger partial charge in [-0.2, -0.15) is 13.2 Å². The van der Waals surface area contributed by atoms with E-state index < -0.39 is 12.1 Å². The van der Waals surface area contributed by atoms with Gasteiger partial charge in [0.05, 0.1) is 5.92 Å². The molecular formula is C14H24F3N. The molecule has 0 aromatic heterocycles. The van der Waals surface area contributed by atoms with Gasteiger partial charge in [0.25, 0.3) is 0 Å². The van der Waals surface area contributed by atoms with Gasteiger partial charge in [-0.05, 0) is 44.1 Å². The molecule has 0 spiro atoms. The molecule has 1 N–H and O–H groups in total. The second-order valence-corrected chi connectivity index (χ2v) is 6.02. The molecule has 0 aromatic carbocycles. The van der Waals surface area contributed by atoms with Crippen LogP contribution < -0.4 is 5.32 Å². The van der Waals surface area contributed by atoms with Crippen LogP contribution in [0.5, 0.6) is 0 Å². The van der Waals surface area contributed by atoms with Gasteiger partial charge in [-0.25, -0.2) is 0 Å². The fourth-order valence-corrected chi connectivity index (χ4v) is 3.68. The van der Waals surface area contributed by atoms with Crippen molar-refractivity contribution in [2.75, 3.05) is 6.54 Å². The van der Waals surface area contributed by atoms with Crippen molar-refractivity contribution in [2.45, 2.75) is 64.1 Å². The summed E-state index contributed by atoms with van der Waals surface area (Å²) in [6.07, 6.45) is 2.41. The van der Waals surface area contributed by atoms with Gasteiger partial charge in [-0.3, -0.25) is 0 Å². The Morgan fingerprint density at radius 1 is 1.11 bits per heavy atom. The SMILES string of the molecule is CCC1CCCC(C2CC(C(F)(F)F)CCN2)C1. The number of hydrogen-bond donors (Lipinski definition) is 1. The molecule has 2 aliphatic rings. The maximum absolute atomic E-state index is 12.8. The molecule has 106 valence electrons. The zero-order valence-electron chi connectivity index (χ0n) is 11.1. The largest absolute Gasteiger partial charge is 0.391 e. The van der Waals surface area contributed by atoms with Crippen molar-refractivity contribution in [3.63, 3.8) is 0 Å². The van der Waals surface area contributed by atoms with E-state index in [4.69, 9.17) is 0 Å². The third-order valence-electron chi connectivity index (χ3n) is 4.87. The number of rotatable bonds is 2. The summed E-state index contributed by atoms with van der Waals surface area (Å²) in [6, 6.07) is 0.0970. The molecule has 1 aliphatic carbocycles. The molecule has 1 nitrogen and oxygen atoms in total. The third kappa shape index (κ3) is 3.40. The summed E-state index contributed by atoms with van der Waals surface area (Å²) in [6.45, 7) is 2.72. The standard InChI is InChI=1S/C14H24F3N/c1-2-10-4-3-5-11(8-10)13-9-12(6-7-18-13)14(15,16)17/h10-13,18H,2-9H2,1H3. The highest BCUT2D eigenvalue weighted by molar-refractivity contribution is 4.89. The van der Waals surface area contributed by atoms with Crippen LogP contribution in [0.3, 0.4) is 0 Å². The van der Waals surface area contributed by atoms with Gasteiger partial charge in [0.1, 0.15) is 0 Å². The average Bonchev–Trinajstić information content (AvgIpc) is 2.38. The van der Waals surface area contributed by atoms with Crippen molar-refractivity contribution >= 4 is 0 Å². The fourth-order valence-electron chi connectivity index (χ4n) is 3.68. The highest BCUT2D eigenvalue weighted by atomic mass is 19.4. The smallest absolute Gasteiger partial charge is 0.314 e. The Bertz CT molecular complexity index is 264. The van der Waals surface area contributed by atoms with Gasteiger partial charge < -0.3 is 5.32 Å². The van der Waals surface area contributed by atoms with E-state index >= 15 is 0 Å². The maximum Gasteiger partial charge on any atom is 0.391 e. The predicted molar refractivity (Wildman–Crippen MR) is 66.3 cm³/mol. The van der Waals surface area contributed by atoms with Crippen molar-refractivity contribution < 1.29 is 13.2 Å². The van der Waals surface area contributed by atoms with Crippen LogP contribution in [0, 0.1) is 17.8 Å². The van der Waals surface area contributed by atoms with Crippen LogP contribution in [0.4, 0.5) is 13.2 Å². The van der Waals surface area contributed by atoms with Gasteiger partial charge in [0.15, 0.2) is 0 Å². The molecular weight excluding hydrogens is 239 g/mol. The lowest BCUT2D eigenvalue weighted by atomic mass is 9.73. The van der Waals surface area contributed by atoms with Gasteiger partial charge in [-0.1, -0.05) is 26.2 Å². The molecule has 2 rings (SSSR count). The summed E-state index contributed by atoms with van der Waals surface area (Å²) < 4.78 is 38.4. The second kappa shape index (κ2) is 5.81. The summed E-state index contributed by atoms with van der Waals surface area (Å²) >= 11 is 0. The lowest BCUT2D eigenvalue weighted by Crippen LogP contribution is -2.47. The van der Waals surface area contributed by atoms with E-state index in [9.17, 15) is 13.2 Å². The average molecular weight is 263 g/mol. The molecule has 1 heterocycles. The van der Waals surface area contributed by atoms with Crippen molar-refractivity contribution in [1.82, 2.24) is 5.32 Å². The monoisotopic (exact) mass is 263 g/mol. The molecule has 0 bridgehead atoms. The van der Waals surface area contributed by atoms with Gasteiger partial charge in [0, 0.05) is 6.04 Å². The van der Waals surface area contributed by atoms with Crippen molar-refractivity contribution in [3.8, 4) is 0 Å². The van der Waals surface area contributed by atoms with E-state index in [0.717, 1.165) is 18.8 Å². The highest BCUT2D eigenvalue weighted by Gasteiger charge is 2.43. The first kappa shape index (κ1) is 14.2. The molecule has 2 fully saturated rings. The van der Waals surface area contributed by atoms with Gasteiger partial charge in [0.2, 0.25) is 0 Å². The molecule has 0 radical (unpaired) electrons. The molecule has 1 saturated carbocycles. The minimum absolute atomic E-state index is 0.0970. The molecule has 18 heavy (non-hydrogen) atoms. The summed E-state index contributed by atoms with van der Waals surface area (Å²) in [7, 11) is 0. The molecule has 4 heteroatoms. The zero-order chi connectivity index (χ0) is 13.2. The molecule has 4 atom stereocenters. The number of halogens is 3. The maximum atomic E-state index is 12.8. The Morgan fingerprint density at radius 3 is 2.56 bits per heavy atom. The van der Waals surface area contributed by atoms with Gasteiger partial charge in [-0.15, -0.1) is 0 Å². The van der Waals surface area contributed by atoms with Crippen molar-refractivity contribution in [2.24, 2.45) is 17.8 Å². The first-order chi connectivity index (χ1) is 8.50. The summed E-state index contributed by atoms with van der Waals surface area (Å²) in [5.41, 5.74) is 0. The summed E-state index contributed by atoms with van der Waals surface area (Å²) in [5, 5.41) is 3.34. The molecule has 0 aromatic rings. The van der Waals surface area contributed by atoms with Crippen molar-refractivity contribution in [1.29, 1.82) is 0 Å². The Hall–Kier alpha value is -0.250. The van der Waals surface area contributed by atoms with E-state index in [0.29, 0.717) is 18.9 Å². The third-order valence-corrected chi connectivity index (χ3v) is 4.87. The van der Waals surface area contributed by atoms with Crippen LogP contribution in [-0.4, -0.2) is 18.8 Å². The zero-order valence-corrected chi connectivity index (χ0v) is 11.1. The lowest BCUT2D eigenvalue weighted by molar-refractivity contribution is -0.184. The Balaban J connectivity index is 1.92. The Morgan fingerprint density at radius 2 is 1.89 bits per heavy atom. The molecule has 0 amide bonds. The number of piperidine rings is 1. The van der Waals surface area contributed by atoms with Crippen LogP contribution in [0.15, 0.2) is 0 Å². The predicted octanol–water partition coefficient (Wildman–Crippen LogP) is 4.13. The van der Waals surface area contributed by atoms with Crippen LogP contribution in [0.25, 0.3) is 0 Å². The minimum atomic E-state index is -4.00. The minimum Gasteiger partial charge on any atom is -0.314 e. The normalized spacial score (nSPS) is 38.7. The topological polar surface area (TPSA) is 12.0 Å². The van der Waals surface area contributed by atoms with Crippen LogP contribution >= 0.6 is 0 Å². The number of hydrogen-bond acceptors (Lipinski definition) is 1. The van der Waals surface area contributed by atoms with E-state index in [-0.39, 0.29) is 12.5 Å². The first-order valence-corrected chi connectivity index (χ1v) is 7.30. The Kier molecular flexibility index (Phi) is 4.57. The van der Waals surface area contributed by atoms with E-state index in [2.05, 4.69) is 12.2 Å². The summed E-state index contributed by atoms with van der Waals surface area (Å²) in [5.74, 6) is 0.122. The van der Waals surface area contributed by atoms with Gasteiger partial charge >= 0.3 is 6.18 Å². The number of nitrogens with one attached hydrogen (secondary N) is 1. The lowest BCUT2D eigenvalue weighted by Gasteiger charge is -2.39. The van der Waals surface area contributed by atoms with Crippen LogP contribution in [0.1, 0.15) is 51.9 Å². The Labute approximate surface area is 108 Å². The second-order valence-electron chi connectivity index (χ2n) is 6.02.